The van der Waals surface area contributed by atoms with Crippen LogP contribution >= 0.6 is 0 Å². The normalized spacial score (nSPS) is 19.4. The summed E-state index contributed by atoms with van der Waals surface area (Å²) < 4.78 is 1.89. The summed E-state index contributed by atoms with van der Waals surface area (Å²) in [6, 6.07) is 0.105. The summed E-state index contributed by atoms with van der Waals surface area (Å²) >= 11 is 0. The van der Waals surface area contributed by atoms with E-state index in [2.05, 4.69) is 17.0 Å². The Labute approximate surface area is 89.0 Å². The van der Waals surface area contributed by atoms with Crippen molar-refractivity contribution in [1.82, 2.24) is 15.1 Å². The Morgan fingerprint density at radius 3 is 3.33 bits per heavy atom. The zero-order valence-electron chi connectivity index (χ0n) is 8.86. The molecule has 0 fully saturated rings. The van der Waals surface area contributed by atoms with Crippen molar-refractivity contribution >= 4 is 5.91 Å². The summed E-state index contributed by atoms with van der Waals surface area (Å²) in [6.45, 7) is 3.45. The lowest BCUT2D eigenvalue weighted by Crippen LogP contribution is -2.29. The van der Waals surface area contributed by atoms with E-state index in [1.165, 1.54) is 11.8 Å². The van der Waals surface area contributed by atoms with Crippen LogP contribution in [0.3, 0.4) is 0 Å². The number of aryl methyl sites for hydroxylation is 1. The number of nitrogens with zero attached hydrogens (tertiary/aromatic N) is 2. The smallest absolute Gasteiger partial charge is 0.243 e. The molecule has 0 radical (unpaired) electrons. The highest BCUT2D eigenvalue weighted by atomic mass is 16.1. The lowest BCUT2D eigenvalue weighted by molar-refractivity contribution is -0.117. The molecule has 0 bridgehead atoms. The summed E-state index contributed by atoms with van der Waals surface area (Å²) in [5.74, 6) is -0.114. The van der Waals surface area contributed by atoms with E-state index < -0.39 is 0 Å². The molecule has 15 heavy (non-hydrogen) atoms. The van der Waals surface area contributed by atoms with Crippen LogP contribution in [0.2, 0.25) is 0 Å². The molecule has 1 N–H and O–H groups in total. The highest BCUT2D eigenvalue weighted by Crippen LogP contribution is 2.28. The molecule has 4 nitrogen and oxygen atoms in total. The molecule has 0 saturated carbocycles. The number of aromatic nitrogens is 2. The van der Waals surface area contributed by atoms with Crippen molar-refractivity contribution < 1.29 is 4.79 Å². The average molecular weight is 205 g/mol. The minimum absolute atomic E-state index is 0.105. The van der Waals surface area contributed by atoms with Crippen LogP contribution < -0.4 is 5.32 Å². The van der Waals surface area contributed by atoms with Gasteiger partial charge in [-0.05, 0) is 25.3 Å². The minimum atomic E-state index is -0.114. The van der Waals surface area contributed by atoms with Crippen molar-refractivity contribution in [3.05, 3.63) is 30.1 Å². The number of amides is 1. The number of fused-ring (bicyclic) bond motifs is 1. The van der Waals surface area contributed by atoms with E-state index in [0.29, 0.717) is 0 Å². The summed E-state index contributed by atoms with van der Waals surface area (Å²) in [7, 11) is 1.94. The van der Waals surface area contributed by atoms with Crippen LogP contribution in [0.5, 0.6) is 0 Å². The van der Waals surface area contributed by atoms with Gasteiger partial charge in [-0.2, -0.15) is 5.10 Å². The highest BCUT2D eigenvalue weighted by Gasteiger charge is 2.23. The van der Waals surface area contributed by atoms with Gasteiger partial charge in [-0.25, -0.2) is 0 Å². The lowest BCUT2D eigenvalue weighted by Gasteiger charge is -2.23. The van der Waals surface area contributed by atoms with Gasteiger partial charge in [0.15, 0.2) is 0 Å². The Hall–Kier alpha value is -1.58. The first-order chi connectivity index (χ1) is 7.22. The molecule has 1 aromatic rings. The first-order valence-electron chi connectivity index (χ1n) is 5.16. The van der Waals surface area contributed by atoms with E-state index >= 15 is 0 Å². The first-order valence-corrected chi connectivity index (χ1v) is 5.16. The van der Waals surface area contributed by atoms with Crippen LogP contribution in [-0.2, 0) is 18.3 Å². The molecule has 1 atom stereocenters. The Kier molecular flexibility index (Phi) is 2.58. The number of carbonyl (C=O) groups is 1. The van der Waals surface area contributed by atoms with Gasteiger partial charge in [-0.15, -0.1) is 0 Å². The van der Waals surface area contributed by atoms with Gasteiger partial charge in [-0.3, -0.25) is 9.48 Å². The quantitative estimate of drug-likeness (QED) is 0.735. The van der Waals surface area contributed by atoms with Gasteiger partial charge in [0.2, 0.25) is 5.91 Å². The second kappa shape index (κ2) is 3.88. The number of hydrogen-bond acceptors (Lipinski definition) is 2. The van der Waals surface area contributed by atoms with E-state index in [4.69, 9.17) is 0 Å². The molecule has 0 spiro atoms. The lowest BCUT2D eigenvalue weighted by atomic mass is 9.93. The molecule has 0 aliphatic heterocycles. The molecule has 1 aliphatic rings. The van der Waals surface area contributed by atoms with E-state index in [9.17, 15) is 4.79 Å². The monoisotopic (exact) mass is 205 g/mol. The number of carbonyl (C=O) groups excluding carboxylic acids is 1. The van der Waals surface area contributed by atoms with E-state index in [-0.39, 0.29) is 11.9 Å². The Bertz CT molecular complexity index is 395. The molecule has 1 aliphatic carbocycles. The third kappa shape index (κ3) is 1.79. The fourth-order valence-corrected chi connectivity index (χ4v) is 2.09. The maximum Gasteiger partial charge on any atom is 0.243 e. The average Bonchev–Trinajstić information content (AvgIpc) is 2.62. The second-order valence-corrected chi connectivity index (χ2v) is 3.83. The third-order valence-corrected chi connectivity index (χ3v) is 2.88. The van der Waals surface area contributed by atoms with Gasteiger partial charge in [0.25, 0.3) is 0 Å². The predicted molar refractivity (Wildman–Crippen MR) is 57.2 cm³/mol. The van der Waals surface area contributed by atoms with Crippen LogP contribution in [0.25, 0.3) is 0 Å². The molecule has 0 saturated heterocycles. The molecule has 0 unspecified atom stereocenters. The third-order valence-electron chi connectivity index (χ3n) is 2.88. The van der Waals surface area contributed by atoms with Gasteiger partial charge in [0.1, 0.15) is 0 Å². The molecule has 1 aromatic heterocycles. The molecule has 2 rings (SSSR count). The SMILES string of the molecule is C=CC(=O)N[C@@H]1CCCc2c1cnn2C. The summed E-state index contributed by atoms with van der Waals surface area (Å²) in [5.41, 5.74) is 2.38. The zero-order valence-corrected chi connectivity index (χ0v) is 8.86. The Morgan fingerprint density at radius 1 is 1.80 bits per heavy atom. The van der Waals surface area contributed by atoms with Gasteiger partial charge < -0.3 is 5.32 Å². The van der Waals surface area contributed by atoms with Crippen molar-refractivity contribution in [3.8, 4) is 0 Å². The van der Waals surface area contributed by atoms with Crippen LogP contribution in [-0.4, -0.2) is 15.7 Å². The molecule has 80 valence electrons. The Morgan fingerprint density at radius 2 is 2.60 bits per heavy atom. The van der Waals surface area contributed by atoms with Gasteiger partial charge in [0.05, 0.1) is 12.2 Å². The number of nitrogens with one attached hydrogen (secondary N) is 1. The topological polar surface area (TPSA) is 46.9 Å². The second-order valence-electron chi connectivity index (χ2n) is 3.83. The molecular formula is C11H15N3O. The van der Waals surface area contributed by atoms with Crippen molar-refractivity contribution in [2.24, 2.45) is 7.05 Å². The number of hydrogen-bond donors (Lipinski definition) is 1. The standard InChI is InChI=1S/C11H15N3O/c1-3-11(15)13-9-5-4-6-10-8(9)7-12-14(10)2/h3,7,9H,1,4-6H2,2H3,(H,13,15)/t9-/m1/s1. The van der Waals surface area contributed by atoms with E-state index in [1.54, 1.807) is 0 Å². The van der Waals surface area contributed by atoms with Crippen molar-refractivity contribution in [2.45, 2.75) is 25.3 Å². The summed E-state index contributed by atoms with van der Waals surface area (Å²) in [6.07, 6.45) is 6.28. The van der Waals surface area contributed by atoms with Crippen LogP contribution in [0.15, 0.2) is 18.9 Å². The summed E-state index contributed by atoms with van der Waals surface area (Å²) in [5, 5.41) is 7.15. The van der Waals surface area contributed by atoms with Crippen molar-refractivity contribution in [1.29, 1.82) is 0 Å². The first kappa shape index (κ1) is 9.96. The van der Waals surface area contributed by atoms with Crippen molar-refractivity contribution in [3.63, 3.8) is 0 Å². The van der Waals surface area contributed by atoms with E-state index in [1.807, 2.05) is 17.9 Å². The Balaban J connectivity index is 2.22. The summed E-state index contributed by atoms with van der Waals surface area (Å²) in [4.78, 5) is 11.2. The van der Waals surface area contributed by atoms with Gasteiger partial charge in [-0.1, -0.05) is 6.58 Å². The predicted octanol–water partition coefficient (Wildman–Crippen LogP) is 1.10. The fraction of sp³-hybridized carbons (Fsp3) is 0.455. The zero-order chi connectivity index (χ0) is 10.8. The number of rotatable bonds is 2. The largest absolute Gasteiger partial charge is 0.346 e. The van der Waals surface area contributed by atoms with Crippen LogP contribution in [0, 0.1) is 0 Å². The van der Waals surface area contributed by atoms with Gasteiger partial charge >= 0.3 is 0 Å². The highest BCUT2D eigenvalue weighted by molar-refractivity contribution is 5.87. The van der Waals surface area contributed by atoms with Crippen LogP contribution in [0.1, 0.15) is 30.1 Å². The molecule has 4 heteroatoms. The maximum absolute atomic E-state index is 11.2. The van der Waals surface area contributed by atoms with Gasteiger partial charge in [0, 0.05) is 18.3 Å². The minimum Gasteiger partial charge on any atom is -0.346 e. The molecular weight excluding hydrogens is 190 g/mol. The molecule has 1 amide bonds. The van der Waals surface area contributed by atoms with Crippen LogP contribution in [0.4, 0.5) is 0 Å². The molecule has 0 aromatic carbocycles. The molecule has 1 heterocycles. The van der Waals surface area contributed by atoms with E-state index in [0.717, 1.165) is 24.8 Å². The van der Waals surface area contributed by atoms with Crippen molar-refractivity contribution in [2.75, 3.05) is 0 Å². The maximum atomic E-state index is 11.2. The fourth-order valence-electron chi connectivity index (χ4n) is 2.09.